The standard InChI is InChI=1S/C34H19N3O2S/c38-30-26-17-22-10-6-7-11-23(22)18-27(26)31(39)28(30)19-29-35-34-32(37(29)25-12-2-1-3-13-25)36-33(40-34)24-15-14-20-8-4-5-9-21(20)16-24/h1-19H. The number of hydrogen-bond donors (Lipinski definition) is 0. The lowest BCUT2D eigenvalue weighted by Gasteiger charge is -2.06. The lowest BCUT2D eigenvalue weighted by molar-refractivity contribution is 0.0990. The van der Waals surface area contributed by atoms with Crippen molar-refractivity contribution < 1.29 is 9.59 Å². The number of carbonyl (C=O) groups is 2. The molecule has 0 N–H and O–H groups in total. The summed E-state index contributed by atoms with van der Waals surface area (Å²) in [5.41, 5.74) is 3.55. The molecule has 1 aliphatic carbocycles. The molecule has 40 heavy (non-hydrogen) atoms. The van der Waals surface area contributed by atoms with E-state index in [2.05, 4.69) is 30.3 Å². The van der Waals surface area contributed by atoms with Crippen molar-refractivity contribution >= 4 is 61.0 Å². The number of allylic oxidation sites excluding steroid dienone is 1. The maximum absolute atomic E-state index is 13.5. The Morgan fingerprint density at radius 2 is 1.23 bits per heavy atom. The Balaban J connectivity index is 1.28. The third-order valence-corrected chi connectivity index (χ3v) is 8.39. The molecule has 5 nitrogen and oxygen atoms in total. The number of ketones is 2. The van der Waals surface area contributed by atoms with Crippen molar-refractivity contribution in [2.45, 2.75) is 0 Å². The van der Waals surface area contributed by atoms with Gasteiger partial charge in [-0.2, -0.15) is 0 Å². The first-order valence-electron chi connectivity index (χ1n) is 12.9. The molecule has 1 aliphatic rings. The van der Waals surface area contributed by atoms with Crippen LogP contribution in [0.3, 0.4) is 0 Å². The van der Waals surface area contributed by atoms with Gasteiger partial charge in [0.25, 0.3) is 0 Å². The Kier molecular flexibility index (Phi) is 4.93. The molecule has 0 atom stereocenters. The molecule has 0 saturated carbocycles. The Labute approximate surface area is 232 Å². The van der Waals surface area contributed by atoms with Crippen molar-refractivity contribution in [3.63, 3.8) is 0 Å². The molecular weight excluding hydrogens is 514 g/mol. The summed E-state index contributed by atoms with van der Waals surface area (Å²) in [6, 6.07) is 35.7. The minimum absolute atomic E-state index is 0.120. The Morgan fingerprint density at radius 1 is 0.625 bits per heavy atom. The summed E-state index contributed by atoms with van der Waals surface area (Å²) in [6.07, 6.45) is 1.62. The molecule has 7 aromatic rings. The predicted octanol–water partition coefficient (Wildman–Crippen LogP) is 7.92. The van der Waals surface area contributed by atoms with Crippen LogP contribution in [0.1, 0.15) is 26.5 Å². The van der Waals surface area contributed by atoms with Crippen LogP contribution in [0.15, 0.2) is 115 Å². The van der Waals surface area contributed by atoms with E-state index in [1.54, 1.807) is 6.08 Å². The number of para-hydroxylation sites is 1. The number of nitrogens with zero attached hydrogens (tertiary/aromatic N) is 3. The average molecular weight is 534 g/mol. The van der Waals surface area contributed by atoms with Crippen molar-refractivity contribution in [2.24, 2.45) is 0 Å². The van der Waals surface area contributed by atoms with Gasteiger partial charge in [-0.1, -0.05) is 90.2 Å². The molecule has 0 unspecified atom stereocenters. The van der Waals surface area contributed by atoms with Gasteiger partial charge < -0.3 is 0 Å². The van der Waals surface area contributed by atoms with Gasteiger partial charge >= 0.3 is 0 Å². The van der Waals surface area contributed by atoms with Crippen molar-refractivity contribution in [3.8, 4) is 16.3 Å². The molecule has 0 spiro atoms. The highest BCUT2D eigenvalue weighted by molar-refractivity contribution is 7.21. The number of thiazole rings is 1. The van der Waals surface area contributed by atoms with Crippen LogP contribution in [-0.4, -0.2) is 26.1 Å². The van der Waals surface area contributed by atoms with E-state index in [-0.39, 0.29) is 17.1 Å². The zero-order valence-corrected chi connectivity index (χ0v) is 21.9. The summed E-state index contributed by atoms with van der Waals surface area (Å²) in [4.78, 5) is 37.5. The fourth-order valence-corrected chi connectivity index (χ4v) is 6.36. The van der Waals surface area contributed by atoms with E-state index in [0.29, 0.717) is 22.6 Å². The summed E-state index contributed by atoms with van der Waals surface area (Å²) in [6.45, 7) is 0. The molecule has 5 aromatic carbocycles. The van der Waals surface area contributed by atoms with E-state index in [1.165, 1.54) is 16.7 Å². The summed E-state index contributed by atoms with van der Waals surface area (Å²) in [5.74, 6) is -0.0536. The van der Waals surface area contributed by atoms with Crippen molar-refractivity contribution in [1.82, 2.24) is 14.5 Å². The molecule has 188 valence electrons. The van der Waals surface area contributed by atoms with Crippen LogP contribution in [-0.2, 0) is 0 Å². The lowest BCUT2D eigenvalue weighted by atomic mass is 10.0. The fourth-order valence-electron chi connectivity index (χ4n) is 5.43. The maximum atomic E-state index is 13.5. The predicted molar refractivity (Wildman–Crippen MR) is 160 cm³/mol. The van der Waals surface area contributed by atoms with Gasteiger partial charge in [0.2, 0.25) is 0 Å². The molecule has 0 aliphatic heterocycles. The number of carbonyl (C=O) groups excluding carboxylic acids is 2. The second-order valence-electron chi connectivity index (χ2n) is 9.81. The molecule has 8 rings (SSSR count). The van der Waals surface area contributed by atoms with E-state index >= 15 is 0 Å². The van der Waals surface area contributed by atoms with Crippen LogP contribution in [0, 0.1) is 0 Å². The summed E-state index contributed by atoms with van der Waals surface area (Å²) >= 11 is 1.49. The third-order valence-electron chi connectivity index (χ3n) is 7.40. The number of fused-ring (bicyclic) bond motifs is 4. The molecule has 2 aromatic heterocycles. The van der Waals surface area contributed by atoms with Crippen LogP contribution >= 0.6 is 11.3 Å². The Hall–Kier alpha value is -5.20. The smallest absolute Gasteiger partial charge is 0.197 e. The van der Waals surface area contributed by atoms with Gasteiger partial charge in [-0.05, 0) is 58.0 Å². The van der Waals surface area contributed by atoms with Gasteiger partial charge in [-0.15, -0.1) is 0 Å². The summed E-state index contributed by atoms with van der Waals surface area (Å²) in [5, 5.41) is 5.04. The van der Waals surface area contributed by atoms with Gasteiger partial charge in [0.05, 0.1) is 5.57 Å². The average Bonchev–Trinajstić information content (AvgIpc) is 3.62. The van der Waals surface area contributed by atoms with Crippen LogP contribution in [0.25, 0.3) is 54.4 Å². The molecule has 0 amide bonds. The quantitative estimate of drug-likeness (QED) is 0.171. The number of hydrogen-bond acceptors (Lipinski definition) is 5. The number of imidazole rings is 1. The molecule has 0 radical (unpaired) electrons. The van der Waals surface area contributed by atoms with Crippen LogP contribution < -0.4 is 0 Å². The van der Waals surface area contributed by atoms with Crippen molar-refractivity contribution in [3.05, 3.63) is 132 Å². The molecular formula is C34H19N3O2S. The monoisotopic (exact) mass is 533 g/mol. The largest absolute Gasteiger partial charge is 0.288 e. The number of aromatic nitrogens is 3. The third kappa shape index (κ3) is 3.47. The SMILES string of the molecule is O=C1C(=Cc2nc3sc(-c4ccc5ccccc5c4)nc3n2-c2ccccc2)C(=O)c2cc3ccccc3cc21. The van der Waals surface area contributed by atoms with E-state index in [1.807, 2.05) is 83.4 Å². The molecule has 0 saturated heterocycles. The number of benzene rings is 5. The molecule has 6 heteroatoms. The normalized spacial score (nSPS) is 13.1. The first kappa shape index (κ1) is 22.8. The fraction of sp³-hybridized carbons (Fsp3) is 0. The molecule has 0 bridgehead atoms. The summed E-state index contributed by atoms with van der Waals surface area (Å²) in [7, 11) is 0. The van der Waals surface area contributed by atoms with Crippen LogP contribution in [0.5, 0.6) is 0 Å². The zero-order valence-electron chi connectivity index (χ0n) is 21.0. The first-order valence-corrected chi connectivity index (χ1v) is 13.7. The second kappa shape index (κ2) is 8.66. The van der Waals surface area contributed by atoms with E-state index in [4.69, 9.17) is 9.97 Å². The van der Waals surface area contributed by atoms with Gasteiger partial charge in [-0.25, -0.2) is 9.97 Å². The van der Waals surface area contributed by atoms with Gasteiger partial charge in [-0.3, -0.25) is 14.2 Å². The van der Waals surface area contributed by atoms with Crippen LogP contribution in [0.2, 0.25) is 0 Å². The Bertz CT molecular complexity index is 2150. The van der Waals surface area contributed by atoms with Gasteiger partial charge in [0.1, 0.15) is 10.8 Å². The maximum Gasteiger partial charge on any atom is 0.197 e. The molecule has 2 heterocycles. The minimum Gasteiger partial charge on any atom is -0.288 e. The van der Waals surface area contributed by atoms with Gasteiger partial charge in [0.15, 0.2) is 22.0 Å². The summed E-state index contributed by atoms with van der Waals surface area (Å²) < 4.78 is 1.92. The minimum atomic E-state index is -0.276. The van der Waals surface area contributed by atoms with E-state index in [9.17, 15) is 9.59 Å². The highest BCUT2D eigenvalue weighted by atomic mass is 32.1. The zero-order chi connectivity index (χ0) is 26.8. The van der Waals surface area contributed by atoms with E-state index in [0.717, 1.165) is 37.2 Å². The highest BCUT2D eigenvalue weighted by Crippen LogP contribution is 2.36. The van der Waals surface area contributed by atoms with Gasteiger partial charge in [0, 0.05) is 22.4 Å². The molecule has 0 fully saturated rings. The second-order valence-corrected chi connectivity index (χ2v) is 10.8. The highest BCUT2D eigenvalue weighted by Gasteiger charge is 2.34. The van der Waals surface area contributed by atoms with E-state index < -0.39 is 0 Å². The number of Topliss-reactive ketones (excluding diaryl/α,β-unsaturated/α-hetero) is 2. The first-order chi connectivity index (χ1) is 19.6. The topological polar surface area (TPSA) is 64.8 Å². The van der Waals surface area contributed by atoms with Crippen molar-refractivity contribution in [2.75, 3.05) is 0 Å². The number of rotatable bonds is 3. The van der Waals surface area contributed by atoms with Crippen LogP contribution in [0.4, 0.5) is 0 Å². The van der Waals surface area contributed by atoms with Crippen molar-refractivity contribution in [1.29, 1.82) is 0 Å². The lowest BCUT2D eigenvalue weighted by Crippen LogP contribution is -2.04. The Morgan fingerprint density at radius 3 is 1.90 bits per heavy atom.